The molecule has 3 unspecified atom stereocenters. The Hall–Kier alpha value is -0.540. The van der Waals surface area contributed by atoms with Gasteiger partial charge in [0.05, 0.1) is 19.3 Å². The van der Waals surface area contributed by atoms with Gasteiger partial charge in [-0.2, -0.15) is 0 Å². The van der Waals surface area contributed by atoms with Gasteiger partial charge in [-0.25, -0.2) is 0 Å². The van der Waals surface area contributed by atoms with Crippen LogP contribution in [0.1, 0.15) is 96.3 Å². The second kappa shape index (κ2) is 23.6. The molecular weight excluding hydrogens is 460 g/mol. The molecule has 0 N–H and O–H groups in total. The van der Waals surface area contributed by atoms with E-state index in [1.54, 1.807) is 6.08 Å². The van der Waals surface area contributed by atoms with E-state index in [2.05, 4.69) is 6.58 Å². The van der Waals surface area contributed by atoms with Crippen LogP contribution in [0, 0.1) is 0 Å². The predicted molar refractivity (Wildman–Crippen MR) is 142 cm³/mol. The third-order valence-electron chi connectivity index (χ3n) is 6.58. The lowest BCUT2D eigenvalue weighted by Gasteiger charge is -2.22. The van der Waals surface area contributed by atoms with Gasteiger partial charge in [0.25, 0.3) is 0 Å². The zero-order valence-corrected chi connectivity index (χ0v) is 22.8. The number of hydrogen-bond donors (Lipinski definition) is 0. The lowest BCUT2D eigenvalue weighted by Crippen LogP contribution is -2.23. The van der Waals surface area contributed by atoms with Crippen molar-refractivity contribution in [3.05, 3.63) is 12.7 Å². The molecule has 0 bridgehead atoms. The molecule has 3 atom stereocenters. The minimum absolute atomic E-state index is 0.0292. The fourth-order valence-corrected chi connectivity index (χ4v) is 4.39. The van der Waals surface area contributed by atoms with E-state index < -0.39 is 0 Å². The van der Waals surface area contributed by atoms with E-state index in [1.807, 2.05) is 0 Å². The smallest absolute Gasteiger partial charge is 0.157 e. The van der Waals surface area contributed by atoms with Gasteiger partial charge in [-0.3, -0.25) is 0 Å². The molecule has 2 aliphatic heterocycles. The van der Waals surface area contributed by atoms with Crippen LogP contribution in [-0.4, -0.2) is 78.1 Å². The first-order valence-electron chi connectivity index (χ1n) is 14.7. The molecule has 7 heteroatoms. The Morgan fingerprint density at radius 3 is 1.81 bits per heavy atom. The van der Waals surface area contributed by atoms with E-state index in [-0.39, 0.29) is 18.7 Å². The highest BCUT2D eigenvalue weighted by Gasteiger charge is 2.14. The molecule has 2 fully saturated rings. The van der Waals surface area contributed by atoms with Gasteiger partial charge in [-0.15, -0.1) is 6.58 Å². The van der Waals surface area contributed by atoms with Crippen LogP contribution >= 0.6 is 0 Å². The van der Waals surface area contributed by atoms with E-state index in [0.29, 0.717) is 19.8 Å². The van der Waals surface area contributed by atoms with Crippen LogP contribution in [0.5, 0.6) is 0 Å². The fourth-order valence-electron chi connectivity index (χ4n) is 4.39. The molecule has 0 amide bonds. The highest BCUT2D eigenvalue weighted by molar-refractivity contribution is 4.65. The van der Waals surface area contributed by atoms with Crippen LogP contribution in [-0.2, 0) is 33.2 Å². The quantitative estimate of drug-likeness (QED) is 0.112. The molecule has 7 nitrogen and oxygen atoms in total. The fraction of sp³-hybridized carbons (Fsp3) is 0.931. The standard InChI is InChI=1S/C29H54O7/c1-2-18-30-25-17-27(32-20-10-5-6-12-22-34-29-16-8-14-24-36-29)26-31-19-9-3-4-11-21-33-28-15-7-13-23-35-28/h2,27-29H,1,3-26H2. The number of rotatable bonds is 24. The second-order valence-corrected chi connectivity index (χ2v) is 9.88. The van der Waals surface area contributed by atoms with Crippen molar-refractivity contribution in [2.45, 2.75) is 115 Å². The van der Waals surface area contributed by atoms with Gasteiger partial charge >= 0.3 is 0 Å². The first-order chi connectivity index (χ1) is 17.9. The molecule has 0 aromatic rings. The Labute approximate surface area is 220 Å². The molecule has 0 aromatic heterocycles. The van der Waals surface area contributed by atoms with Crippen LogP contribution in [0.3, 0.4) is 0 Å². The Bertz CT molecular complexity index is 478. The normalized spacial score (nSPS) is 21.4. The van der Waals surface area contributed by atoms with E-state index in [0.717, 1.165) is 91.0 Å². The highest BCUT2D eigenvalue weighted by Crippen LogP contribution is 2.15. The summed E-state index contributed by atoms with van der Waals surface area (Å²) in [5, 5.41) is 0. The van der Waals surface area contributed by atoms with Gasteiger partial charge in [-0.05, 0) is 70.6 Å². The molecule has 0 radical (unpaired) electrons. The molecule has 212 valence electrons. The number of ether oxygens (including phenoxy) is 7. The van der Waals surface area contributed by atoms with Crippen LogP contribution in [0.4, 0.5) is 0 Å². The van der Waals surface area contributed by atoms with Crippen molar-refractivity contribution in [3.8, 4) is 0 Å². The van der Waals surface area contributed by atoms with E-state index in [1.165, 1.54) is 44.9 Å². The maximum Gasteiger partial charge on any atom is 0.157 e. The lowest BCUT2D eigenvalue weighted by atomic mass is 10.2. The summed E-state index contributed by atoms with van der Waals surface area (Å²) in [5.74, 6) is 0. The average Bonchev–Trinajstić information content (AvgIpc) is 2.92. The van der Waals surface area contributed by atoms with Crippen molar-refractivity contribution in [1.82, 2.24) is 0 Å². The topological polar surface area (TPSA) is 64.6 Å². The summed E-state index contributed by atoms with van der Waals surface area (Å²) in [7, 11) is 0. The van der Waals surface area contributed by atoms with E-state index in [4.69, 9.17) is 33.2 Å². The van der Waals surface area contributed by atoms with Gasteiger partial charge in [-0.1, -0.05) is 31.8 Å². The summed E-state index contributed by atoms with van der Waals surface area (Å²) in [6, 6.07) is 0. The first-order valence-corrected chi connectivity index (χ1v) is 14.7. The van der Waals surface area contributed by atoms with Gasteiger partial charge < -0.3 is 33.2 Å². The molecule has 2 heterocycles. The second-order valence-electron chi connectivity index (χ2n) is 9.88. The zero-order chi connectivity index (χ0) is 25.4. The Balaban J connectivity index is 1.41. The molecule has 2 saturated heterocycles. The SMILES string of the molecule is C=CCOCCC(COCCCCCCOC1CCCCO1)OCCCCCCOC1CCCCO1. The Kier molecular flexibility index (Phi) is 20.7. The van der Waals surface area contributed by atoms with E-state index >= 15 is 0 Å². The van der Waals surface area contributed by atoms with Gasteiger partial charge in [0, 0.05) is 46.2 Å². The predicted octanol–water partition coefficient (Wildman–Crippen LogP) is 6.19. The molecule has 0 saturated carbocycles. The summed E-state index contributed by atoms with van der Waals surface area (Å²) in [6.45, 7) is 10.4. The molecule has 0 spiro atoms. The summed E-state index contributed by atoms with van der Waals surface area (Å²) in [4.78, 5) is 0. The number of unbranched alkanes of at least 4 members (excludes halogenated alkanes) is 6. The lowest BCUT2D eigenvalue weighted by molar-refractivity contribution is -0.163. The average molecular weight is 515 g/mol. The molecule has 2 aliphatic rings. The van der Waals surface area contributed by atoms with Crippen LogP contribution in [0.2, 0.25) is 0 Å². The van der Waals surface area contributed by atoms with Crippen LogP contribution in [0.15, 0.2) is 12.7 Å². The summed E-state index contributed by atoms with van der Waals surface area (Å²) < 4.78 is 40.4. The Morgan fingerprint density at radius 2 is 1.25 bits per heavy atom. The molecule has 0 aromatic carbocycles. The van der Waals surface area contributed by atoms with Crippen molar-refractivity contribution in [1.29, 1.82) is 0 Å². The maximum atomic E-state index is 6.13. The Morgan fingerprint density at radius 1 is 0.667 bits per heavy atom. The maximum absolute atomic E-state index is 6.13. The summed E-state index contributed by atoms with van der Waals surface area (Å²) >= 11 is 0. The van der Waals surface area contributed by atoms with E-state index in [9.17, 15) is 0 Å². The molecular formula is C29H54O7. The van der Waals surface area contributed by atoms with Crippen molar-refractivity contribution in [2.24, 2.45) is 0 Å². The largest absolute Gasteiger partial charge is 0.379 e. The first kappa shape index (κ1) is 31.7. The summed E-state index contributed by atoms with van der Waals surface area (Å²) in [6.07, 6.45) is 18.6. The molecule has 36 heavy (non-hydrogen) atoms. The van der Waals surface area contributed by atoms with Crippen molar-refractivity contribution in [2.75, 3.05) is 59.5 Å². The highest BCUT2D eigenvalue weighted by atomic mass is 16.7. The molecule has 0 aliphatic carbocycles. The van der Waals surface area contributed by atoms with Gasteiger partial charge in [0.2, 0.25) is 0 Å². The van der Waals surface area contributed by atoms with Gasteiger partial charge in [0.15, 0.2) is 12.6 Å². The minimum atomic E-state index is 0.0292. The monoisotopic (exact) mass is 514 g/mol. The zero-order valence-electron chi connectivity index (χ0n) is 22.8. The minimum Gasteiger partial charge on any atom is -0.379 e. The van der Waals surface area contributed by atoms with Gasteiger partial charge in [0.1, 0.15) is 0 Å². The number of hydrogen-bond acceptors (Lipinski definition) is 7. The van der Waals surface area contributed by atoms with Crippen LogP contribution in [0.25, 0.3) is 0 Å². The summed E-state index contributed by atoms with van der Waals surface area (Å²) in [5.41, 5.74) is 0. The van der Waals surface area contributed by atoms with Crippen LogP contribution < -0.4 is 0 Å². The molecule has 2 rings (SSSR count). The van der Waals surface area contributed by atoms with Crippen molar-refractivity contribution < 1.29 is 33.2 Å². The third-order valence-corrected chi connectivity index (χ3v) is 6.58. The van der Waals surface area contributed by atoms with Crippen molar-refractivity contribution >= 4 is 0 Å². The van der Waals surface area contributed by atoms with Crippen molar-refractivity contribution in [3.63, 3.8) is 0 Å². The third kappa shape index (κ3) is 17.8.